The van der Waals surface area contributed by atoms with Crippen LogP contribution in [0.15, 0.2) is 30.3 Å². The summed E-state index contributed by atoms with van der Waals surface area (Å²) in [5.41, 5.74) is 1.61. The highest BCUT2D eigenvalue weighted by atomic mass is 35.5. The lowest BCUT2D eigenvalue weighted by Gasteiger charge is -2.45. The molecule has 182 valence electrons. The normalized spacial score (nSPS) is 12.0. The van der Waals surface area contributed by atoms with E-state index in [1.165, 1.54) is 115 Å². The largest absolute Gasteiger partial charge is 1.00 e. The second kappa shape index (κ2) is 18.0. The Hall–Kier alpha value is -0.530. The molecule has 0 amide bonds. The quantitative estimate of drug-likeness (QED) is 0.172. The lowest BCUT2D eigenvalue weighted by Crippen LogP contribution is -3.00. The van der Waals surface area contributed by atoms with Crippen LogP contribution >= 0.6 is 0 Å². The third-order valence-corrected chi connectivity index (χ3v) is 7.56. The maximum Gasteiger partial charge on any atom is 0.119 e. The Morgan fingerprint density at radius 2 is 0.935 bits per heavy atom. The highest BCUT2D eigenvalue weighted by Gasteiger charge is 2.37. The van der Waals surface area contributed by atoms with Gasteiger partial charge in [-0.2, -0.15) is 0 Å². The second-order valence-electron chi connectivity index (χ2n) is 10.6. The van der Waals surface area contributed by atoms with Gasteiger partial charge in [-0.05, 0) is 26.7 Å². The van der Waals surface area contributed by atoms with Crippen molar-refractivity contribution < 1.29 is 16.9 Å². The van der Waals surface area contributed by atoms with Crippen LogP contribution in [0.4, 0.5) is 0 Å². The molecule has 0 bridgehead atoms. The standard InChI is InChI=1S/C29H54N.ClH/c1-6-7-8-9-10-11-12-13-14-15-16-17-18-19-20-24-27-30(4,5)29(2,3)28-25-22-21-23-26-28;/h21-23,25-26H,6-20,24,27H2,1-5H3;1H/q+1;/p-1. The van der Waals surface area contributed by atoms with Crippen molar-refractivity contribution in [3.05, 3.63) is 35.9 Å². The number of unbranched alkanes of at least 4 members (excludes halogenated alkanes) is 15. The van der Waals surface area contributed by atoms with E-state index in [0.717, 1.165) is 4.48 Å². The Labute approximate surface area is 202 Å². The zero-order chi connectivity index (χ0) is 22.1. The Kier molecular flexibility index (Phi) is 17.7. The highest BCUT2D eigenvalue weighted by Crippen LogP contribution is 2.32. The first-order chi connectivity index (χ1) is 14.4. The summed E-state index contributed by atoms with van der Waals surface area (Å²) in [5, 5.41) is 0. The van der Waals surface area contributed by atoms with Crippen molar-refractivity contribution in [2.45, 2.75) is 129 Å². The third kappa shape index (κ3) is 12.9. The molecule has 0 saturated carbocycles. The smallest absolute Gasteiger partial charge is 0.119 e. The number of halogens is 1. The van der Waals surface area contributed by atoms with Crippen molar-refractivity contribution >= 4 is 0 Å². The van der Waals surface area contributed by atoms with Gasteiger partial charge >= 0.3 is 0 Å². The van der Waals surface area contributed by atoms with Crippen molar-refractivity contribution in [3.8, 4) is 0 Å². The minimum absolute atomic E-state index is 0. The first kappa shape index (κ1) is 30.5. The van der Waals surface area contributed by atoms with Crippen LogP contribution in [0.2, 0.25) is 0 Å². The Balaban J connectivity index is 0.00000900. The highest BCUT2D eigenvalue weighted by molar-refractivity contribution is 5.20. The van der Waals surface area contributed by atoms with Crippen molar-refractivity contribution in [1.82, 2.24) is 0 Å². The minimum Gasteiger partial charge on any atom is -1.00 e. The Morgan fingerprint density at radius 1 is 0.581 bits per heavy atom. The van der Waals surface area contributed by atoms with Crippen molar-refractivity contribution in [2.24, 2.45) is 0 Å². The molecule has 0 N–H and O–H groups in total. The van der Waals surface area contributed by atoms with Gasteiger partial charge in [0, 0.05) is 5.56 Å². The zero-order valence-electron chi connectivity index (χ0n) is 21.7. The molecule has 1 aromatic rings. The summed E-state index contributed by atoms with van der Waals surface area (Å²) in [6.45, 7) is 8.36. The molecule has 0 unspecified atom stereocenters. The zero-order valence-corrected chi connectivity index (χ0v) is 22.5. The van der Waals surface area contributed by atoms with Crippen molar-refractivity contribution in [3.63, 3.8) is 0 Å². The van der Waals surface area contributed by atoms with Crippen LogP contribution in [-0.2, 0) is 5.54 Å². The summed E-state index contributed by atoms with van der Waals surface area (Å²) >= 11 is 0. The molecule has 0 spiro atoms. The van der Waals surface area contributed by atoms with E-state index in [1.54, 1.807) is 0 Å². The van der Waals surface area contributed by atoms with Crippen LogP contribution in [0.3, 0.4) is 0 Å². The van der Waals surface area contributed by atoms with E-state index in [9.17, 15) is 0 Å². The topological polar surface area (TPSA) is 0 Å². The molecule has 0 atom stereocenters. The van der Waals surface area contributed by atoms with E-state index in [4.69, 9.17) is 0 Å². The molecule has 0 saturated heterocycles. The van der Waals surface area contributed by atoms with E-state index < -0.39 is 0 Å². The first-order valence-corrected chi connectivity index (χ1v) is 13.3. The molecule has 0 aliphatic rings. The molecule has 2 heteroatoms. The van der Waals surface area contributed by atoms with Gasteiger partial charge in [-0.1, -0.05) is 127 Å². The minimum atomic E-state index is 0. The van der Waals surface area contributed by atoms with E-state index in [1.807, 2.05) is 0 Å². The SMILES string of the molecule is CCCCCCCCCCCCCCCCCC[N+](C)(C)C(C)(C)c1ccccc1.[Cl-]. The fourth-order valence-electron chi connectivity index (χ4n) is 4.53. The summed E-state index contributed by atoms with van der Waals surface area (Å²) in [6, 6.07) is 11.0. The molecule has 0 aliphatic carbocycles. The Bertz CT molecular complexity index is 509. The van der Waals surface area contributed by atoms with Gasteiger partial charge in [-0.15, -0.1) is 0 Å². The van der Waals surface area contributed by atoms with Crippen LogP contribution in [-0.4, -0.2) is 25.1 Å². The molecule has 1 aromatic carbocycles. The molecule has 0 aliphatic heterocycles. The van der Waals surface area contributed by atoms with Crippen LogP contribution in [0, 0.1) is 0 Å². The summed E-state index contributed by atoms with van der Waals surface area (Å²) in [5.74, 6) is 0. The number of benzene rings is 1. The maximum absolute atomic E-state index is 2.40. The molecule has 0 radical (unpaired) electrons. The summed E-state index contributed by atoms with van der Waals surface area (Å²) in [4.78, 5) is 0. The van der Waals surface area contributed by atoms with E-state index in [0.29, 0.717) is 0 Å². The van der Waals surface area contributed by atoms with Gasteiger partial charge < -0.3 is 16.9 Å². The van der Waals surface area contributed by atoms with Gasteiger partial charge in [-0.3, -0.25) is 0 Å². The fraction of sp³-hybridized carbons (Fsp3) is 0.793. The van der Waals surface area contributed by atoms with Crippen molar-refractivity contribution in [1.29, 1.82) is 0 Å². The summed E-state index contributed by atoms with van der Waals surface area (Å²) in [6.07, 6.45) is 23.0. The van der Waals surface area contributed by atoms with E-state index in [-0.39, 0.29) is 17.9 Å². The number of nitrogens with zero attached hydrogens (tertiary/aromatic N) is 1. The average Bonchev–Trinajstić information content (AvgIpc) is 2.74. The molecular formula is C29H54ClN. The van der Waals surface area contributed by atoms with Crippen molar-refractivity contribution in [2.75, 3.05) is 20.6 Å². The monoisotopic (exact) mass is 451 g/mol. The van der Waals surface area contributed by atoms with Gasteiger partial charge in [0.05, 0.1) is 20.6 Å². The van der Waals surface area contributed by atoms with Gasteiger partial charge in [0.25, 0.3) is 0 Å². The van der Waals surface area contributed by atoms with E-state index >= 15 is 0 Å². The number of quaternary nitrogens is 1. The average molecular weight is 452 g/mol. The predicted molar refractivity (Wildman–Crippen MR) is 136 cm³/mol. The molecule has 0 fully saturated rings. The molecular weight excluding hydrogens is 398 g/mol. The third-order valence-electron chi connectivity index (χ3n) is 7.56. The summed E-state index contributed by atoms with van der Waals surface area (Å²) in [7, 11) is 4.80. The molecule has 1 rings (SSSR count). The lowest BCUT2D eigenvalue weighted by molar-refractivity contribution is -0.945. The lowest BCUT2D eigenvalue weighted by atomic mass is 9.90. The fourth-order valence-corrected chi connectivity index (χ4v) is 4.53. The second-order valence-corrected chi connectivity index (χ2v) is 10.6. The molecule has 1 nitrogen and oxygen atoms in total. The first-order valence-electron chi connectivity index (χ1n) is 13.3. The van der Waals surface area contributed by atoms with E-state index in [2.05, 4.69) is 65.2 Å². The number of rotatable bonds is 19. The van der Waals surface area contributed by atoms with Crippen LogP contribution in [0.25, 0.3) is 0 Å². The molecule has 0 heterocycles. The van der Waals surface area contributed by atoms with Gasteiger partial charge in [-0.25, -0.2) is 0 Å². The van der Waals surface area contributed by atoms with Gasteiger partial charge in [0.15, 0.2) is 0 Å². The maximum atomic E-state index is 2.40. The van der Waals surface area contributed by atoms with Crippen LogP contribution < -0.4 is 12.4 Å². The number of hydrogen-bond acceptors (Lipinski definition) is 0. The van der Waals surface area contributed by atoms with Crippen LogP contribution in [0.5, 0.6) is 0 Å². The van der Waals surface area contributed by atoms with Crippen LogP contribution in [0.1, 0.15) is 129 Å². The van der Waals surface area contributed by atoms with Gasteiger partial charge in [0.1, 0.15) is 5.54 Å². The summed E-state index contributed by atoms with van der Waals surface area (Å²) < 4.78 is 1.07. The molecule has 31 heavy (non-hydrogen) atoms. The Morgan fingerprint density at radius 3 is 1.32 bits per heavy atom. The molecule has 0 aromatic heterocycles. The van der Waals surface area contributed by atoms with Gasteiger partial charge in [0.2, 0.25) is 0 Å². The predicted octanol–water partition coefficient (Wildman–Crippen LogP) is 6.26. The number of hydrogen-bond donors (Lipinski definition) is 0.